The van der Waals surface area contributed by atoms with Gasteiger partial charge in [0.2, 0.25) is 0 Å². The number of aliphatic hydroxyl groups excluding tert-OH is 1. The van der Waals surface area contributed by atoms with Crippen LogP contribution in [0.3, 0.4) is 0 Å². The quantitative estimate of drug-likeness (QED) is 0.343. The standard InChI is InChI=1S/C7H11IO/c8-6-4-2-1-3-5-7-9/h1,4,9H,3,5-7H2. The summed E-state index contributed by atoms with van der Waals surface area (Å²) in [5.41, 5.74) is 3.00. The fourth-order valence-electron chi connectivity index (χ4n) is 0.405. The van der Waals surface area contributed by atoms with Gasteiger partial charge in [-0.05, 0) is 25.0 Å². The summed E-state index contributed by atoms with van der Waals surface area (Å²) in [6.07, 6.45) is 5.71. The van der Waals surface area contributed by atoms with Gasteiger partial charge in [-0.25, -0.2) is 0 Å². The first-order chi connectivity index (χ1) is 4.41. The monoisotopic (exact) mass is 238 g/mol. The first-order valence-corrected chi connectivity index (χ1v) is 4.50. The Morgan fingerprint density at radius 1 is 1.44 bits per heavy atom. The van der Waals surface area contributed by atoms with Crippen LogP contribution in [-0.2, 0) is 0 Å². The minimum atomic E-state index is 0.280. The molecule has 0 aromatic heterocycles. The summed E-state index contributed by atoms with van der Waals surface area (Å²) in [5, 5.41) is 8.36. The second-order valence-corrected chi connectivity index (χ2v) is 2.48. The Hall–Kier alpha value is 0.210. The maximum atomic E-state index is 8.36. The van der Waals surface area contributed by atoms with Crippen molar-refractivity contribution in [2.45, 2.75) is 12.8 Å². The van der Waals surface area contributed by atoms with E-state index in [0.29, 0.717) is 0 Å². The molecule has 0 aliphatic rings. The summed E-state index contributed by atoms with van der Waals surface area (Å²) in [4.78, 5) is 0. The molecule has 0 aromatic rings. The molecule has 0 rings (SSSR count). The molecule has 0 heterocycles. The maximum Gasteiger partial charge on any atom is 0.0434 e. The molecule has 0 saturated heterocycles. The molecule has 0 spiro atoms. The van der Waals surface area contributed by atoms with Crippen molar-refractivity contribution in [3.05, 3.63) is 17.9 Å². The topological polar surface area (TPSA) is 20.2 Å². The van der Waals surface area contributed by atoms with E-state index in [-0.39, 0.29) is 6.61 Å². The van der Waals surface area contributed by atoms with E-state index in [0.717, 1.165) is 17.3 Å². The third-order valence-electron chi connectivity index (χ3n) is 0.819. The van der Waals surface area contributed by atoms with E-state index in [2.05, 4.69) is 28.3 Å². The zero-order valence-electron chi connectivity index (χ0n) is 5.31. The summed E-state index contributed by atoms with van der Waals surface area (Å²) in [6.45, 7) is 0.280. The SMILES string of the molecule is OCCCC=C=CCI. The molecule has 0 saturated carbocycles. The number of rotatable bonds is 4. The molecule has 2 heteroatoms. The van der Waals surface area contributed by atoms with Gasteiger partial charge in [0.05, 0.1) is 0 Å². The third-order valence-corrected chi connectivity index (χ3v) is 1.26. The van der Waals surface area contributed by atoms with Crippen LogP contribution in [0.4, 0.5) is 0 Å². The highest BCUT2D eigenvalue weighted by molar-refractivity contribution is 14.1. The molecule has 0 fully saturated rings. The molecule has 0 unspecified atom stereocenters. The zero-order valence-corrected chi connectivity index (χ0v) is 7.47. The van der Waals surface area contributed by atoms with E-state index in [1.165, 1.54) is 0 Å². The Kier molecular flexibility index (Phi) is 8.40. The van der Waals surface area contributed by atoms with Crippen LogP contribution >= 0.6 is 22.6 Å². The van der Waals surface area contributed by atoms with Crippen molar-refractivity contribution in [3.8, 4) is 0 Å². The lowest BCUT2D eigenvalue weighted by Gasteiger charge is -1.82. The van der Waals surface area contributed by atoms with Crippen molar-refractivity contribution in [2.75, 3.05) is 11.0 Å². The molecule has 0 bridgehead atoms. The molecule has 0 aliphatic heterocycles. The van der Waals surface area contributed by atoms with E-state index < -0.39 is 0 Å². The fourth-order valence-corrected chi connectivity index (χ4v) is 0.659. The largest absolute Gasteiger partial charge is 0.396 e. The second-order valence-electron chi connectivity index (χ2n) is 1.60. The first-order valence-electron chi connectivity index (χ1n) is 2.98. The van der Waals surface area contributed by atoms with Gasteiger partial charge in [-0.1, -0.05) is 22.6 Å². The first kappa shape index (κ1) is 9.21. The lowest BCUT2D eigenvalue weighted by Crippen LogP contribution is -1.77. The Balaban J connectivity index is 3.13. The number of alkyl halides is 1. The highest BCUT2D eigenvalue weighted by atomic mass is 127. The maximum absolute atomic E-state index is 8.36. The van der Waals surface area contributed by atoms with Crippen LogP contribution in [-0.4, -0.2) is 16.1 Å². The smallest absolute Gasteiger partial charge is 0.0434 e. The number of hydrogen-bond donors (Lipinski definition) is 1. The van der Waals surface area contributed by atoms with Gasteiger partial charge in [0, 0.05) is 11.0 Å². The highest BCUT2D eigenvalue weighted by Gasteiger charge is 1.74. The molecule has 1 N–H and O–H groups in total. The van der Waals surface area contributed by atoms with E-state index >= 15 is 0 Å². The number of allylic oxidation sites excluding steroid dienone is 1. The van der Waals surface area contributed by atoms with Crippen molar-refractivity contribution in [1.82, 2.24) is 0 Å². The van der Waals surface area contributed by atoms with Crippen molar-refractivity contribution < 1.29 is 5.11 Å². The normalized spacial score (nSPS) is 8.22. The van der Waals surface area contributed by atoms with Gasteiger partial charge in [-0.3, -0.25) is 0 Å². The second kappa shape index (κ2) is 8.21. The molecule has 52 valence electrons. The Bertz CT molecular complexity index is 103. The van der Waals surface area contributed by atoms with Crippen molar-refractivity contribution in [3.63, 3.8) is 0 Å². The van der Waals surface area contributed by atoms with E-state index in [1.807, 2.05) is 12.2 Å². The van der Waals surface area contributed by atoms with Gasteiger partial charge in [0.1, 0.15) is 0 Å². The molecule has 0 radical (unpaired) electrons. The predicted octanol–water partition coefficient (Wildman–Crippen LogP) is 1.91. The van der Waals surface area contributed by atoms with E-state index in [4.69, 9.17) is 5.11 Å². The fraction of sp³-hybridized carbons (Fsp3) is 0.571. The van der Waals surface area contributed by atoms with Gasteiger partial charge in [-0.15, -0.1) is 5.73 Å². The summed E-state index contributed by atoms with van der Waals surface area (Å²) < 4.78 is 1.01. The molecular formula is C7H11IO. The van der Waals surface area contributed by atoms with Gasteiger partial charge in [0.25, 0.3) is 0 Å². The van der Waals surface area contributed by atoms with Gasteiger partial charge < -0.3 is 5.11 Å². The van der Waals surface area contributed by atoms with Crippen LogP contribution in [0.25, 0.3) is 0 Å². The Morgan fingerprint density at radius 2 is 2.22 bits per heavy atom. The molecule has 0 amide bonds. The van der Waals surface area contributed by atoms with E-state index in [1.54, 1.807) is 0 Å². The Morgan fingerprint density at radius 3 is 2.78 bits per heavy atom. The molecule has 0 atom stereocenters. The predicted molar refractivity (Wildman–Crippen MR) is 47.9 cm³/mol. The summed E-state index contributed by atoms with van der Waals surface area (Å²) in [7, 11) is 0. The lowest BCUT2D eigenvalue weighted by atomic mass is 10.3. The van der Waals surface area contributed by atoms with Crippen LogP contribution in [0.15, 0.2) is 17.9 Å². The lowest BCUT2D eigenvalue weighted by molar-refractivity contribution is 0.289. The third kappa shape index (κ3) is 8.21. The Labute approximate surface area is 69.6 Å². The molecule has 0 aliphatic carbocycles. The van der Waals surface area contributed by atoms with Crippen LogP contribution in [0, 0.1) is 0 Å². The van der Waals surface area contributed by atoms with Crippen LogP contribution in [0.1, 0.15) is 12.8 Å². The van der Waals surface area contributed by atoms with E-state index in [9.17, 15) is 0 Å². The molecule has 9 heavy (non-hydrogen) atoms. The minimum Gasteiger partial charge on any atom is -0.396 e. The number of unbranched alkanes of at least 4 members (excludes halogenated alkanes) is 1. The van der Waals surface area contributed by atoms with Crippen LogP contribution in [0.5, 0.6) is 0 Å². The molecule has 0 aromatic carbocycles. The van der Waals surface area contributed by atoms with Crippen molar-refractivity contribution in [1.29, 1.82) is 0 Å². The number of hydrogen-bond acceptors (Lipinski definition) is 1. The average molecular weight is 238 g/mol. The van der Waals surface area contributed by atoms with Gasteiger partial charge in [-0.2, -0.15) is 0 Å². The van der Waals surface area contributed by atoms with Gasteiger partial charge in [0.15, 0.2) is 0 Å². The van der Waals surface area contributed by atoms with Crippen molar-refractivity contribution in [2.24, 2.45) is 0 Å². The van der Waals surface area contributed by atoms with Gasteiger partial charge >= 0.3 is 0 Å². The summed E-state index contributed by atoms with van der Waals surface area (Å²) in [6, 6.07) is 0. The van der Waals surface area contributed by atoms with Crippen molar-refractivity contribution >= 4 is 22.6 Å². The number of halogens is 1. The highest BCUT2D eigenvalue weighted by Crippen LogP contribution is 1.87. The molecular weight excluding hydrogens is 227 g/mol. The average Bonchev–Trinajstić information content (AvgIpc) is 1.89. The van der Waals surface area contributed by atoms with Crippen LogP contribution < -0.4 is 0 Å². The number of aliphatic hydroxyl groups is 1. The zero-order chi connectivity index (χ0) is 6.95. The van der Waals surface area contributed by atoms with Crippen LogP contribution in [0.2, 0.25) is 0 Å². The summed E-state index contributed by atoms with van der Waals surface area (Å²) in [5.74, 6) is 0. The summed E-state index contributed by atoms with van der Waals surface area (Å²) >= 11 is 2.26. The molecule has 1 nitrogen and oxygen atoms in total. The minimum absolute atomic E-state index is 0.280.